The monoisotopic (exact) mass is 555 g/mol. The van der Waals surface area contributed by atoms with Crippen LogP contribution in [-0.2, 0) is 4.74 Å². The molecule has 0 aliphatic carbocycles. The summed E-state index contributed by atoms with van der Waals surface area (Å²) < 4.78 is 17.0. The summed E-state index contributed by atoms with van der Waals surface area (Å²) in [5.74, 6) is 1.54. The van der Waals surface area contributed by atoms with Crippen molar-refractivity contribution in [1.82, 2.24) is 24.8 Å². The Morgan fingerprint density at radius 2 is 1.90 bits per heavy atom. The van der Waals surface area contributed by atoms with Gasteiger partial charge in [0.1, 0.15) is 29.3 Å². The molecular formula is C30H33N7O4. The molecule has 4 saturated heterocycles. The number of anilines is 2. The van der Waals surface area contributed by atoms with Crippen LogP contribution in [0.1, 0.15) is 41.6 Å². The number of ether oxygens (including phenoxy) is 3. The van der Waals surface area contributed by atoms with Gasteiger partial charge in [-0.05, 0) is 56.3 Å². The number of hydrogen-bond acceptors (Lipinski definition) is 10. The maximum atomic E-state index is 13.4. The van der Waals surface area contributed by atoms with Crippen molar-refractivity contribution in [2.45, 2.75) is 43.9 Å². The van der Waals surface area contributed by atoms with Gasteiger partial charge < -0.3 is 24.4 Å². The Morgan fingerprint density at radius 1 is 1.07 bits per heavy atom. The van der Waals surface area contributed by atoms with E-state index >= 15 is 0 Å². The number of amides is 1. The van der Waals surface area contributed by atoms with Crippen LogP contribution < -0.4 is 14.8 Å². The third kappa shape index (κ3) is 5.66. The lowest BCUT2D eigenvalue weighted by atomic mass is 9.91. The second kappa shape index (κ2) is 11.7. The number of hydrogen-bond donors (Lipinski definition) is 1. The van der Waals surface area contributed by atoms with Crippen LogP contribution in [0.15, 0.2) is 42.6 Å². The van der Waals surface area contributed by atoms with Gasteiger partial charge in [-0.1, -0.05) is 0 Å². The summed E-state index contributed by atoms with van der Waals surface area (Å²) in [6, 6.07) is 13.6. The van der Waals surface area contributed by atoms with Crippen molar-refractivity contribution in [3.8, 4) is 29.0 Å². The Labute approximate surface area is 239 Å². The molecule has 6 heterocycles. The van der Waals surface area contributed by atoms with Crippen LogP contribution in [0.3, 0.4) is 0 Å². The van der Waals surface area contributed by atoms with Crippen LogP contribution in [0, 0.1) is 11.3 Å². The van der Waals surface area contributed by atoms with Gasteiger partial charge in [0.25, 0.3) is 5.91 Å². The normalized spacial score (nSPS) is 20.9. The SMILES string of the molecule is COc1nc(Nc2nccc(-c3ccc(OC4CCOCC4)c(C#N)c3)n2)ccc1C(=O)N1CC2CCC1CN2C. The number of aromatic nitrogens is 3. The summed E-state index contributed by atoms with van der Waals surface area (Å²) >= 11 is 0. The molecule has 1 aromatic carbocycles. The van der Waals surface area contributed by atoms with Gasteiger partial charge in [0.15, 0.2) is 0 Å². The van der Waals surface area contributed by atoms with Gasteiger partial charge >= 0.3 is 0 Å². The average Bonchev–Trinajstić information content (AvgIpc) is 3.01. The third-order valence-corrected chi connectivity index (χ3v) is 8.10. The zero-order valence-electron chi connectivity index (χ0n) is 23.2. The summed E-state index contributed by atoms with van der Waals surface area (Å²) in [7, 11) is 3.64. The van der Waals surface area contributed by atoms with E-state index in [2.05, 4.69) is 38.3 Å². The summed E-state index contributed by atoms with van der Waals surface area (Å²) in [5, 5.41) is 12.9. The molecule has 11 nitrogen and oxygen atoms in total. The maximum Gasteiger partial charge on any atom is 0.259 e. The zero-order chi connectivity index (χ0) is 28.3. The largest absolute Gasteiger partial charge is 0.489 e. The molecule has 1 amide bonds. The number of nitriles is 1. The van der Waals surface area contributed by atoms with Gasteiger partial charge in [-0.3, -0.25) is 9.69 Å². The number of carbonyl (C=O) groups excluding carboxylic acids is 1. The molecule has 11 heteroatoms. The van der Waals surface area contributed by atoms with Gasteiger partial charge in [-0.25, -0.2) is 9.97 Å². The molecule has 2 atom stereocenters. The highest BCUT2D eigenvalue weighted by Gasteiger charge is 2.40. The molecule has 2 unspecified atom stereocenters. The number of fused-ring (bicyclic) bond motifs is 3. The highest BCUT2D eigenvalue weighted by Crippen LogP contribution is 2.32. The molecule has 41 heavy (non-hydrogen) atoms. The molecule has 4 aliphatic heterocycles. The molecule has 2 bridgehead atoms. The summed E-state index contributed by atoms with van der Waals surface area (Å²) in [5.41, 5.74) is 2.29. The first-order valence-corrected chi connectivity index (χ1v) is 14.0. The minimum absolute atomic E-state index is 0.0411. The van der Waals surface area contributed by atoms with Gasteiger partial charge in [0, 0.05) is 49.8 Å². The minimum atomic E-state index is -0.0560. The predicted octanol–water partition coefficient (Wildman–Crippen LogP) is 3.64. The van der Waals surface area contributed by atoms with E-state index in [-0.39, 0.29) is 23.9 Å². The number of methoxy groups -OCH3 is 1. The third-order valence-electron chi connectivity index (χ3n) is 8.10. The van der Waals surface area contributed by atoms with E-state index in [1.54, 1.807) is 30.5 Å². The number of nitrogens with one attached hydrogen (secondary N) is 1. The number of piperidine rings is 2. The predicted molar refractivity (Wildman–Crippen MR) is 151 cm³/mol. The smallest absolute Gasteiger partial charge is 0.259 e. The second-order valence-corrected chi connectivity index (χ2v) is 10.7. The lowest BCUT2D eigenvalue weighted by Gasteiger charge is -2.50. The quantitative estimate of drug-likeness (QED) is 0.462. The van der Waals surface area contributed by atoms with E-state index in [1.165, 1.54) is 7.11 Å². The molecule has 2 aromatic heterocycles. The van der Waals surface area contributed by atoms with Crippen molar-refractivity contribution >= 4 is 17.7 Å². The number of likely N-dealkylation sites (N-methyl/N-ethyl adjacent to an activating group) is 1. The highest BCUT2D eigenvalue weighted by molar-refractivity contribution is 5.97. The number of carbonyl (C=O) groups is 1. The highest BCUT2D eigenvalue weighted by atomic mass is 16.5. The Balaban J connectivity index is 1.18. The molecule has 0 saturated carbocycles. The Bertz CT molecular complexity index is 1470. The Kier molecular flexibility index (Phi) is 7.67. The van der Waals surface area contributed by atoms with Gasteiger partial charge in [-0.2, -0.15) is 10.2 Å². The first kappa shape index (κ1) is 26.9. The molecule has 7 rings (SSSR count). The average molecular weight is 556 g/mol. The van der Waals surface area contributed by atoms with E-state index in [4.69, 9.17) is 14.2 Å². The van der Waals surface area contributed by atoms with Gasteiger partial charge in [0.05, 0.1) is 31.6 Å². The first-order valence-electron chi connectivity index (χ1n) is 14.0. The molecule has 3 aromatic rings. The summed E-state index contributed by atoms with van der Waals surface area (Å²) in [6.07, 6.45) is 5.43. The molecular weight excluding hydrogens is 522 g/mol. The molecule has 1 N–H and O–H groups in total. The first-order chi connectivity index (χ1) is 20.0. The topological polar surface area (TPSA) is 126 Å². The Morgan fingerprint density at radius 3 is 2.63 bits per heavy atom. The van der Waals surface area contributed by atoms with Crippen molar-refractivity contribution in [3.05, 3.63) is 53.7 Å². The van der Waals surface area contributed by atoms with Crippen molar-refractivity contribution in [2.24, 2.45) is 0 Å². The summed E-state index contributed by atoms with van der Waals surface area (Å²) in [4.78, 5) is 31.2. The molecule has 0 radical (unpaired) electrons. The number of rotatable bonds is 7. The molecule has 212 valence electrons. The van der Waals surface area contributed by atoms with Crippen LogP contribution in [0.2, 0.25) is 0 Å². The van der Waals surface area contributed by atoms with Crippen molar-refractivity contribution in [2.75, 3.05) is 45.8 Å². The van der Waals surface area contributed by atoms with E-state index in [1.807, 2.05) is 17.0 Å². The van der Waals surface area contributed by atoms with Gasteiger partial charge in [-0.15, -0.1) is 0 Å². The lowest BCUT2D eigenvalue weighted by Crippen LogP contribution is -2.62. The fraction of sp³-hybridized carbons (Fsp3) is 0.433. The van der Waals surface area contributed by atoms with E-state index in [0.717, 1.165) is 44.3 Å². The van der Waals surface area contributed by atoms with Crippen LogP contribution >= 0.6 is 0 Å². The van der Waals surface area contributed by atoms with Crippen LogP contribution in [0.5, 0.6) is 11.6 Å². The number of pyridine rings is 1. The fourth-order valence-electron chi connectivity index (χ4n) is 5.82. The van der Waals surface area contributed by atoms with Crippen LogP contribution in [0.4, 0.5) is 11.8 Å². The van der Waals surface area contributed by atoms with E-state index in [0.29, 0.717) is 53.6 Å². The van der Waals surface area contributed by atoms with Crippen molar-refractivity contribution in [1.29, 1.82) is 5.26 Å². The Hall–Kier alpha value is -4.27. The molecule has 4 fully saturated rings. The molecule has 4 aliphatic rings. The second-order valence-electron chi connectivity index (χ2n) is 10.7. The number of benzene rings is 1. The fourth-order valence-corrected chi connectivity index (χ4v) is 5.82. The van der Waals surface area contributed by atoms with Gasteiger partial charge in [0.2, 0.25) is 11.8 Å². The standard InChI is InChI=1S/C30H33N7O4/c1-36-17-22-5-4-21(36)18-37(22)29(38)24-6-8-27(34-28(24)39-2)35-30-32-12-9-25(33-30)19-3-7-26(20(15-19)16-31)41-23-10-13-40-14-11-23/h3,6-9,12,15,21-23H,4-5,10-11,13-14,17-18H2,1-2H3,(H,32,33,34,35). The van der Waals surface area contributed by atoms with E-state index < -0.39 is 0 Å². The lowest BCUT2D eigenvalue weighted by molar-refractivity contribution is -0.000295. The van der Waals surface area contributed by atoms with Crippen molar-refractivity contribution in [3.63, 3.8) is 0 Å². The maximum absolute atomic E-state index is 13.4. The number of nitrogens with zero attached hydrogens (tertiary/aromatic N) is 6. The van der Waals surface area contributed by atoms with Crippen molar-refractivity contribution < 1.29 is 19.0 Å². The summed E-state index contributed by atoms with van der Waals surface area (Å²) in [6.45, 7) is 2.94. The number of piperazine rings is 1. The molecule has 0 spiro atoms. The van der Waals surface area contributed by atoms with Crippen LogP contribution in [0.25, 0.3) is 11.3 Å². The van der Waals surface area contributed by atoms with Crippen LogP contribution in [-0.4, -0.2) is 89.3 Å². The zero-order valence-corrected chi connectivity index (χ0v) is 23.2. The van der Waals surface area contributed by atoms with E-state index in [9.17, 15) is 10.1 Å². The minimum Gasteiger partial charge on any atom is -0.489 e.